The normalized spacial score (nSPS) is 17.9. The van der Waals surface area contributed by atoms with E-state index in [2.05, 4.69) is 11.8 Å². The van der Waals surface area contributed by atoms with Crippen LogP contribution in [0, 0.1) is 0 Å². The van der Waals surface area contributed by atoms with Gasteiger partial charge in [-0.25, -0.2) is 0 Å². The number of nitrogens with zero attached hydrogens (tertiary/aromatic N) is 1. The number of primary amides is 1. The molecule has 0 bridgehead atoms. The van der Waals surface area contributed by atoms with Crippen molar-refractivity contribution >= 4 is 11.7 Å². The molecular weight excluding hydrogens is 304 g/mol. The predicted octanol–water partition coefficient (Wildman–Crippen LogP) is 2.80. The van der Waals surface area contributed by atoms with Crippen molar-refractivity contribution in [2.45, 2.75) is 52.0 Å². The number of ketones is 1. The van der Waals surface area contributed by atoms with E-state index in [4.69, 9.17) is 10.5 Å². The molecular formula is C19H28N2O3. The summed E-state index contributed by atoms with van der Waals surface area (Å²) in [6.45, 7) is 6.23. The van der Waals surface area contributed by atoms with Crippen LogP contribution in [0.1, 0.15) is 65.8 Å². The van der Waals surface area contributed by atoms with E-state index in [1.165, 1.54) is 6.42 Å². The van der Waals surface area contributed by atoms with Crippen molar-refractivity contribution < 1.29 is 14.3 Å². The van der Waals surface area contributed by atoms with E-state index in [-0.39, 0.29) is 5.78 Å². The third kappa shape index (κ3) is 3.96. The van der Waals surface area contributed by atoms with Crippen molar-refractivity contribution in [3.8, 4) is 5.75 Å². The number of methoxy groups -OCH3 is 1. The van der Waals surface area contributed by atoms with E-state index in [1.54, 1.807) is 13.2 Å². The van der Waals surface area contributed by atoms with Gasteiger partial charge in [-0.2, -0.15) is 0 Å². The van der Waals surface area contributed by atoms with Crippen molar-refractivity contribution in [1.29, 1.82) is 0 Å². The van der Waals surface area contributed by atoms with Crippen molar-refractivity contribution in [2.75, 3.05) is 20.2 Å². The Bertz CT molecular complexity index is 613. The van der Waals surface area contributed by atoms with Gasteiger partial charge in [-0.1, -0.05) is 13.8 Å². The Balaban J connectivity index is 2.42. The lowest BCUT2D eigenvalue weighted by Crippen LogP contribution is -2.31. The smallest absolute Gasteiger partial charge is 0.252 e. The van der Waals surface area contributed by atoms with Gasteiger partial charge in [0, 0.05) is 18.0 Å². The molecule has 5 heteroatoms. The minimum atomic E-state index is -0.557. The second kappa shape index (κ2) is 8.29. The van der Waals surface area contributed by atoms with Gasteiger partial charge in [-0.15, -0.1) is 0 Å². The second-order valence-electron chi connectivity index (χ2n) is 6.38. The number of rotatable bonds is 8. The van der Waals surface area contributed by atoms with E-state index in [0.29, 0.717) is 29.3 Å². The first kappa shape index (κ1) is 18.5. The number of nitrogens with two attached hydrogens (primary N) is 1. The second-order valence-corrected chi connectivity index (χ2v) is 6.38. The molecule has 2 N–H and O–H groups in total. The van der Waals surface area contributed by atoms with E-state index in [0.717, 1.165) is 37.9 Å². The Hall–Kier alpha value is -1.88. The lowest BCUT2D eigenvalue weighted by Gasteiger charge is -2.24. The SMILES string of the molecule is CCCC(=O)c1cc(CC2CCCN2CC)c(OC)c(C(N)=O)c1. The third-order valence-corrected chi connectivity index (χ3v) is 4.80. The summed E-state index contributed by atoms with van der Waals surface area (Å²) in [5.74, 6) is -0.000748. The minimum Gasteiger partial charge on any atom is -0.496 e. The average molecular weight is 332 g/mol. The summed E-state index contributed by atoms with van der Waals surface area (Å²) in [4.78, 5) is 26.6. The van der Waals surface area contributed by atoms with Crippen molar-refractivity contribution in [3.63, 3.8) is 0 Å². The molecule has 0 aromatic heterocycles. The maximum atomic E-state index is 12.3. The zero-order chi connectivity index (χ0) is 17.7. The van der Waals surface area contributed by atoms with Crippen LogP contribution in [-0.4, -0.2) is 42.8 Å². The molecule has 1 aliphatic rings. The fraction of sp³-hybridized carbons (Fsp3) is 0.579. The van der Waals surface area contributed by atoms with Crippen LogP contribution >= 0.6 is 0 Å². The largest absolute Gasteiger partial charge is 0.496 e. The molecule has 1 aromatic rings. The van der Waals surface area contributed by atoms with E-state index in [9.17, 15) is 9.59 Å². The number of hydrogen-bond donors (Lipinski definition) is 1. The van der Waals surface area contributed by atoms with Crippen LogP contribution in [0.2, 0.25) is 0 Å². The Morgan fingerprint density at radius 2 is 2.08 bits per heavy atom. The summed E-state index contributed by atoms with van der Waals surface area (Å²) >= 11 is 0. The number of benzene rings is 1. The zero-order valence-corrected chi connectivity index (χ0v) is 14.9. The molecule has 24 heavy (non-hydrogen) atoms. The predicted molar refractivity (Wildman–Crippen MR) is 94.7 cm³/mol. The summed E-state index contributed by atoms with van der Waals surface area (Å²) < 4.78 is 5.48. The molecule has 0 radical (unpaired) electrons. The number of hydrogen-bond acceptors (Lipinski definition) is 4. The maximum Gasteiger partial charge on any atom is 0.252 e. The Labute approximate surface area is 144 Å². The molecule has 1 amide bonds. The van der Waals surface area contributed by atoms with Gasteiger partial charge in [0.25, 0.3) is 5.91 Å². The number of carbonyl (C=O) groups is 2. The standard InChI is InChI=1S/C19H28N2O3/c1-4-7-17(22)13-10-14(11-15-8-6-9-21(15)5-2)18(24-3)16(12-13)19(20)23/h10,12,15H,4-9,11H2,1-3H3,(H2,20,23). The highest BCUT2D eigenvalue weighted by molar-refractivity contribution is 6.02. The van der Waals surface area contributed by atoms with Gasteiger partial charge in [0.05, 0.1) is 12.7 Å². The van der Waals surface area contributed by atoms with Crippen LogP contribution in [0.5, 0.6) is 5.75 Å². The van der Waals surface area contributed by atoms with Gasteiger partial charge in [-0.3, -0.25) is 9.59 Å². The number of carbonyl (C=O) groups excluding carboxylic acids is 2. The first-order chi connectivity index (χ1) is 11.5. The molecule has 1 fully saturated rings. The van der Waals surface area contributed by atoms with Crippen molar-refractivity contribution in [3.05, 3.63) is 28.8 Å². The van der Waals surface area contributed by atoms with Crippen LogP contribution in [0.4, 0.5) is 0 Å². The highest BCUT2D eigenvalue weighted by Gasteiger charge is 2.26. The molecule has 1 heterocycles. The number of likely N-dealkylation sites (N-methyl/N-ethyl adjacent to an activating group) is 1. The summed E-state index contributed by atoms with van der Waals surface area (Å²) in [5, 5.41) is 0. The fourth-order valence-corrected chi connectivity index (χ4v) is 3.59. The van der Waals surface area contributed by atoms with Crippen LogP contribution in [0.15, 0.2) is 12.1 Å². The molecule has 5 nitrogen and oxygen atoms in total. The van der Waals surface area contributed by atoms with Gasteiger partial charge in [0.2, 0.25) is 0 Å². The molecule has 0 spiro atoms. The lowest BCUT2D eigenvalue weighted by molar-refractivity contribution is 0.0981. The molecule has 1 atom stereocenters. The first-order valence-corrected chi connectivity index (χ1v) is 8.79. The zero-order valence-electron chi connectivity index (χ0n) is 14.9. The van der Waals surface area contributed by atoms with E-state index in [1.807, 2.05) is 13.0 Å². The van der Waals surface area contributed by atoms with Crippen molar-refractivity contribution in [2.24, 2.45) is 5.73 Å². The Morgan fingerprint density at radius 3 is 2.67 bits per heavy atom. The van der Waals surface area contributed by atoms with Gasteiger partial charge < -0.3 is 15.4 Å². The number of Topliss-reactive ketones (excluding diaryl/α,β-unsaturated/α-hetero) is 1. The van der Waals surface area contributed by atoms with Crippen LogP contribution in [-0.2, 0) is 6.42 Å². The molecule has 0 saturated carbocycles. The van der Waals surface area contributed by atoms with Crippen molar-refractivity contribution in [1.82, 2.24) is 4.90 Å². The summed E-state index contributed by atoms with van der Waals surface area (Å²) in [6.07, 6.45) is 4.31. The van der Waals surface area contributed by atoms with Gasteiger partial charge in [0.1, 0.15) is 5.75 Å². The van der Waals surface area contributed by atoms with Gasteiger partial charge >= 0.3 is 0 Å². The van der Waals surface area contributed by atoms with E-state index < -0.39 is 5.91 Å². The molecule has 132 valence electrons. The lowest BCUT2D eigenvalue weighted by atomic mass is 9.94. The van der Waals surface area contributed by atoms with Crippen LogP contribution < -0.4 is 10.5 Å². The number of likely N-dealkylation sites (tertiary alicyclic amines) is 1. The topological polar surface area (TPSA) is 72.6 Å². The summed E-state index contributed by atoms with van der Waals surface area (Å²) in [5.41, 5.74) is 7.28. The molecule has 1 aromatic carbocycles. The molecule has 1 aliphatic heterocycles. The van der Waals surface area contributed by atoms with Crippen LogP contribution in [0.25, 0.3) is 0 Å². The Kier molecular flexibility index (Phi) is 6.37. The summed E-state index contributed by atoms with van der Waals surface area (Å²) in [7, 11) is 1.55. The minimum absolute atomic E-state index is 0.0441. The first-order valence-electron chi connectivity index (χ1n) is 8.79. The highest BCUT2D eigenvalue weighted by atomic mass is 16.5. The molecule has 1 saturated heterocycles. The third-order valence-electron chi connectivity index (χ3n) is 4.80. The maximum absolute atomic E-state index is 12.3. The highest BCUT2D eigenvalue weighted by Crippen LogP contribution is 2.30. The number of amides is 1. The monoisotopic (exact) mass is 332 g/mol. The van der Waals surface area contributed by atoms with Gasteiger partial charge in [0.15, 0.2) is 5.78 Å². The molecule has 1 unspecified atom stereocenters. The fourth-order valence-electron chi connectivity index (χ4n) is 3.59. The average Bonchev–Trinajstić information content (AvgIpc) is 3.01. The molecule has 2 rings (SSSR count). The molecule has 0 aliphatic carbocycles. The van der Waals surface area contributed by atoms with Crippen LogP contribution in [0.3, 0.4) is 0 Å². The van der Waals surface area contributed by atoms with E-state index >= 15 is 0 Å². The van der Waals surface area contributed by atoms with Gasteiger partial charge in [-0.05, 0) is 56.5 Å². The number of ether oxygens (including phenoxy) is 1. The Morgan fingerprint density at radius 1 is 1.33 bits per heavy atom. The summed E-state index contributed by atoms with van der Waals surface area (Å²) in [6, 6.07) is 3.88. The quantitative estimate of drug-likeness (QED) is 0.743.